The molecule has 21 heavy (non-hydrogen) atoms. The summed E-state index contributed by atoms with van der Waals surface area (Å²) in [5.41, 5.74) is 15.9. The number of hydrogen-bond donors (Lipinski definition) is 3. The Morgan fingerprint density at radius 3 is 2.52 bits per heavy atom. The van der Waals surface area contributed by atoms with Gasteiger partial charge in [0.25, 0.3) is 0 Å². The third-order valence-electron chi connectivity index (χ3n) is 3.67. The predicted molar refractivity (Wildman–Crippen MR) is 86.4 cm³/mol. The average Bonchev–Trinajstić information content (AvgIpc) is 2.89. The Hall–Kier alpha value is -2.75. The van der Waals surface area contributed by atoms with Gasteiger partial charge in [-0.25, -0.2) is 0 Å². The number of carbonyl (C=O) groups excluding carboxylic acids is 1. The lowest BCUT2D eigenvalue weighted by Gasteiger charge is -2.04. The average molecular weight is 279 g/mol. The van der Waals surface area contributed by atoms with Crippen LogP contribution >= 0.6 is 0 Å². The van der Waals surface area contributed by atoms with Crippen LogP contribution in [0.2, 0.25) is 0 Å². The first-order valence-corrected chi connectivity index (χ1v) is 6.90. The summed E-state index contributed by atoms with van der Waals surface area (Å²) in [6.07, 6.45) is 2.67. The summed E-state index contributed by atoms with van der Waals surface area (Å²) in [7, 11) is 0. The van der Waals surface area contributed by atoms with E-state index in [-0.39, 0.29) is 5.78 Å². The lowest BCUT2D eigenvalue weighted by atomic mass is 10.00. The first-order valence-electron chi connectivity index (χ1n) is 6.90. The zero-order chi connectivity index (χ0) is 15.0. The van der Waals surface area contributed by atoms with Gasteiger partial charge < -0.3 is 16.5 Å². The maximum atomic E-state index is 12.7. The van der Waals surface area contributed by atoms with Crippen molar-refractivity contribution in [3.05, 3.63) is 59.3 Å². The van der Waals surface area contributed by atoms with Crippen LogP contribution in [0.3, 0.4) is 0 Å². The summed E-state index contributed by atoms with van der Waals surface area (Å²) in [5.74, 6) is -0.0755. The van der Waals surface area contributed by atoms with Gasteiger partial charge in [0.2, 0.25) is 0 Å². The highest BCUT2D eigenvalue weighted by molar-refractivity contribution is 6.17. The first-order chi connectivity index (χ1) is 10.1. The number of ketones is 1. The number of para-hydroxylation sites is 1. The minimum Gasteiger partial charge on any atom is -0.399 e. The van der Waals surface area contributed by atoms with Gasteiger partial charge in [-0.1, -0.05) is 25.1 Å². The minimum absolute atomic E-state index is 0.0755. The molecule has 0 aliphatic rings. The molecule has 3 rings (SSSR count). The molecule has 0 saturated heterocycles. The van der Waals surface area contributed by atoms with Crippen LogP contribution in [-0.4, -0.2) is 10.8 Å². The van der Waals surface area contributed by atoms with E-state index in [0.717, 1.165) is 17.3 Å². The zero-order valence-corrected chi connectivity index (χ0v) is 11.8. The molecule has 2 aromatic carbocycles. The standard InChI is InChI=1S/C17H17N3O/c1-2-10-4-3-5-14-15(9-20-16(10)14)17(21)11-6-12(18)8-13(19)7-11/h3-9,20H,2,18-19H2,1H3. The smallest absolute Gasteiger partial charge is 0.195 e. The number of nitrogens with two attached hydrogens (primary N) is 2. The Labute approximate surface area is 122 Å². The van der Waals surface area contributed by atoms with Crippen molar-refractivity contribution in [3.63, 3.8) is 0 Å². The third-order valence-corrected chi connectivity index (χ3v) is 3.67. The first kappa shape index (κ1) is 13.2. The van der Waals surface area contributed by atoms with Crippen molar-refractivity contribution in [1.82, 2.24) is 4.98 Å². The van der Waals surface area contributed by atoms with E-state index in [1.54, 1.807) is 24.4 Å². The minimum atomic E-state index is -0.0755. The molecule has 5 N–H and O–H groups in total. The van der Waals surface area contributed by atoms with Gasteiger partial charge in [-0.15, -0.1) is 0 Å². The van der Waals surface area contributed by atoms with E-state index in [4.69, 9.17) is 11.5 Å². The number of fused-ring (bicyclic) bond motifs is 1. The Morgan fingerprint density at radius 2 is 1.86 bits per heavy atom. The second kappa shape index (κ2) is 4.98. The van der Waals surface area contributed by atoms with Gasteiger partial charge in [-0.05, 0) is 30.2 Å². The SMILES string of the molecule is CCc1cccc2c(C(=O)c3cc(N)cc(N)c3)c[nH]c12. The van der Waals surface area contributed by atoms with Crippen LogP contribution < -0.4 is 11.5 Å². The molecule has 1 heterocycles. The number of aryl methyl sites for hydroxylation is 1. The van der Waals surface area contributed by atoms with Gasteiger partial charge in [0.1, 0.15) is 0 Å². The quantitative estimate of drug-likeness (QED) is 0.508. The number of H-pyrrole nitrogens is 1. The van der Waals surface area contributed by atoms with Crippen LogP contribution in [0.25, 0.3) is 10.9 Å². The molecule has 0 atom stereocenters. The van der Waals surface area contributed by atoms with Gasteiger partial charge in [0.05, 0.1) is 0 Å². The van der Waals surface area contributed by atoms with Gasteiger partial charge in [-0.3, -0.25) is 4.79 Å². The largest absolute Gasteiger partial charge is 0.399 e. The summed E-state index contributed by atoms with van der Waals surface area (Å²) >= 11 is 0. The molecule has 4 nitrogen and oxygen atoms in total. The summed E-state index contributed by atoms with van der Waals surface area (Å²) in [6, 6.07) is 10.9. The van der Waals surface area contributed by atoms with E-state index in [1.807, 2.05) is 12.1 Å². The van der Waals surface area contributed by atoms with Gasteiger partial charge >= 0.3 is 0 Å². The molecule has 4 heteroatoms. The molecule has 0 amide bonds. The molecule has 106 valence electrons. The van der Waals surface area contributed by atoms with E-state index in [9.17, 15) is 4.79 Å². The lowest BCUT2D eigenvalue weighted by molar-refractivity contribution is 0.104. The van der Waals surface area contributed by atoms with E-state index < -0.39 is 0 Å². The summed E-state index contributed by atoms with van der Waals surface area (Å²) in [5, 5.41) is 0.931. The maximum Gasteiger partial charge on any atom is 0.195 e. The number of carbonyl (C=O) groups is 1. The predicted octanol–water partition coefficient (Wildman–Crippen LogP) is 3.13. The Kier molecular flexibility index (Phi) is 3.14. The number of anilines is 2. The molecule has 0 aliphatic carbocycles. The maximum absolute atomic E-state index is 12.7. The van der Waals surface area contributed by atoms with Crippen LogP contribution in [0.1, 0.15) is 28.4 Å². The lowest BCUT2D eigenvalue weighted by Crippen LogP contribution is -2.03. The highest BCUT2D eigenvalue weighted by atomic mass is 16.1. The molecular formula is C17H17N3O. The van der Waals surface area contributed by atoms with Crippen LogP contribution in [0.4, 0.5) is 11.4 Å². The molecule has 0 spiro atoms. The highest BCUT2D eigenvalue weighted by Gasteiger charge is 2.16. The fourth-order valence-corrected chi connectivity index (χ4v) is 2.66. The fraction of sp³-hybridized carbons (Fsp3) is 0.118. The van der Waals surface area contributed by atoms with Crippen LogP contribution in [0.15, 0.2) is 42.6 Å². The molecule has 3 aromatic rings. The Bertz CT molecular complexity index is 813. The van der Waals surface area contributed by atoms with Crippen molar-refractivity contribution < 1.29 is 4.79 Å². The molecule has 0 unspecified atom stereocenters. The van der Waals surface area contributed by atoms with Crippen molar-refractivity contribution >= 4 is 28.1 Å². The summed E-state index contributed by atoms with van der Waals surface area (Å²) in [4.78, 5) is 15.9. The zero-order valence-electron chi connectivity index (χ0n) is 11.8. The van der Waals surface area contributed by atoms with Gasteiger partial charge in [0.15, 0.2) is 5.78 Å². The van der Waals surface area contributed by atoms with Crippen molar-refractivity contribution in [2.45, 2.75) is 13.3 Å². The summed E-state index contributed by atoms with van der Waals surface area (Å²) < 4.78 is 0. The topological polar surface area (TPSA) is 84.9 Å². The van der Waals surface area contributed by atoms with E-state index in [1.165, 1.54) is 5.56 Å². The van der Waals surface area contributed by atoms with Crippen LogP contribution in [-0.2, 0) is 6.42 Å². The second-order valence-electron chi connectivity index (χ2n) is 5.11. The molecule has 0 saturated carbocycles. The van der Waals surface area contributed by atoms with Crippen LogP contribution in [0.5, 0.6) is 0 Å². The van der Waals surface area contributed by atoms with E-state index in [0.29, 0.717) is 22.5 Å². The monoisotopic (exact) mass is 279 g/mol. The molecular weight excluding hydrogens is 262 g/mol. The highest BCUT2D eigenvalue weighted by Crippen LogP contribution is 2.25. The third kappa shape index (κ3) is 2.25. The normalized spacial score (nSPS) is 10.9. The number of aromatic amines is 1. The van der Waals surface area contributed by atoms with Crippen LogP contribution in [0, 0.1) is 0 Å². The van der Waals surface area contributed by atoms with Gasteiger partial charge in [-0.2, -0.15) is 0 Å². The molecule has 0 fully saturated rings. The summed E-state index contributed by atoms with van der Waals surface area (Å²) in [6.45, 7) is 2.09. The van der Waals surface area contributed by atoms with E-state index >= 15 is 0 Å². The van der Waals surface area contributed by atoms with Gasteiger partial charge in [0, 0.05) is 39.6 Å². The number of rotatable bonds is 3. The number of nitrogen functional groups attached to an aromatic ring is 2. The number of benzene rings is 2. The van der Waals surface area contributed by atoms with Crippen molar-refractivity contribution in [2.75, 3.05) is 11.5 Å². The number of hydrogen-bond acceptors (Lipinski definition) is 3. The van der Waals surface area contributed by atoms with E-state index in [2.05, 4.69) is 18.0 Å². The second-order valence-corrected chi connectivity index (χ2v) is 5.11. The van der Waals surface area contributed by atoms with Crippen molar-refractivity contribution in [3.8, 4) is 0 Å². The number of aromatic nitrogens is 1. The molecule has 1 aromatic heterocycles. The van der Waals surface area contributed by atoms with Crippen molar-refractivity contribution in [2.24, 2.45) is 0 Å². The Morgan fingerprint density at radius 1 is 1.14 bits per heavy atom. The fourth-order valence-electron chi connectivity index (χ4n) is 2.66. The van der Waals surface area contributed by atoms with Crippen molar-refractivity contribution in [1.29, 1.82) is 0 Å². The number of nitrogens with one attached hydrogen (secondary N) is 1. The molecule has 0 radical (unpaired) electrons. The Balaban J connectivity index is 2.14. The molecule has 0 bridgehead atoms. The molecule has 0 aliphatic heterocycles.